The van der Waals surface area contributed by atoms with Gasteiger partial charge >= 0.3 is 0 Å². The maximum Gasteiger partial charge on any atom is 0.123 e. The Kier molecular flexibility index (Phi) is 8.21. The van der Waals surface area contributed by atoms with Gasteiger partial charge in [0.25, 0.3) is 0 Å². The molecular weight excluding hydrogens is 262 g/mol. The third-order valence-corrected chi connectivity index (χ3v) is 4.12. The smallest absolute Gasteiger partial charge is 0.123 e. The van der Waals surface area contributed by atoms with Gasteiger partial charge in [0.15, 0.2) is 0 Å². The predicted molar refractivity (Wildman–Crippen MR) is 89.3 cm³/mol. The van der Waals surface area contributed by atoms with Gasteiger partial charge in [0.2, 0.25) is 0 Å². The number of hydrogen-bond donors (Lipinski definition) is 1. The van der Waals surface area contributed by atoms with Crippen LogP contribution in [-0.2, 0) is 0 Å². The van der Waals surface area contributed by atoms with Crippen molar-refractivity contribution in [3.63, 3.8) is 0 Å². The quantitative estimate of drug-likeness (QED) is 0.685. The van der Waals surface area contributed by atoms with Gasteiger partial charge in [0, 0.05) is 11.6 Å². The Bertz CT molecular complexity index is 406. The number of methoxy groups -OCH3 is 2. The van der Waals surface area contributed by atoms with E-state index in [1.807, 2.05) is 12.1 Å². The summed E-state index contributed by atoms with van der Waals surface area (Å²) < 4.78 is 11.0. The number of rotatable bonds is 10. The average Bonchev–Trinajstić information content (AvgIpc) is 2.53. The summed E-state index contributed by atoms with van der Waals surface area (Å²) in [6, 6.07) is 6.39. The minimum absolute atomic E-state index is 0.316. The second kappa shape index (κ2) is 9.67. The van der Waals surface area contributed by atoms with E-state index in [1.54, 1.807) is 14.2 Å². The van der Waals surface area contributed by atoms with Crippen LogP contribution in [0.3, 0.4) is 0 Å². The molecule has 2 atom stereocenters. The number of ether oxygens (including phenoxy) is 2. The molecule has 3 heteroatoms. The first kappa shape index (κ1) is 17.8. The molecule has 0 spiro atoms. The van der Waals surface area contributed by atoms with E-state index in [0.717, 1.165) is 24.5 Å². The van der Waals surface area contributed by atoms with E-state index in [1.165, 1.54) is 24.8 Å². The average molecular weight is 293 g/mol. The van der Waals surface area contributed by atoms with E-state index < -0.39 is 0 Å². The molecule has 0 aliphatic rings. The van der Waals surface area contributed by atoms with Crippen molar-refractivity contribution in [2.75, 3.05) is 20.8 Å². The second-order valence-electron chi connectivity index (χ2n) is 5.45. The zero-order chi connectivity index (χ0) is 15.7. The van der Waals surface area contributed by atoms with Crippen LogP contribution in [0.2, 0.25) is 0 Å². The highest BCUT2D eigenvalue weighted by molar-refractivity contribution is 5.42. The minimum Gasteiger partial charge on any atom is -0.497 e. The van der Waals surface area contributed by atoms with Crippen molar-refractivity contribution < 1.29 is 9.47 Å². The Morgan fingerprint density at radius 3 is 2.38 bits per heavy atom. The number of benzene rings is 1. The van der Waals surface area contributed by atoms with Crippen LogP contribution in [0.5, 0.6) is 11.5 Å². The number of hydrogen-bond acceptors (Lipinski definition) is 3. The third kappa shape index (κ3) is 4.92. The fourth-order valence-electron chi connectivity index (χ4n) is 2.91. The first-order chi connectivity index (χ1) is 10.2. The van der Waals surface area contributed by atoms with E-state index in [9.17, 15) is 0 Å². The Morgan fingerprint density at radius 1 is 1.10 bits per heavy atom. The highest BCUT2D eigenvalue weighted by Crippen LogP contribution is 2.36. The summed E-state index contributed by atoms with van der Waals surface area (Å²) in [6.07, 6.45) is 4.92. The molecule has 1 aromatic carbocycles. The van der Waals surface area contributed by atoms with Gasteiger partial charge in [-0.3, -0.25) is 0 Å². The summed E-state index contributed by atoms with van der Waals surface area (Å²) in [5.74, 6) is 2.45. The maximum absolute atomic E-state index is 5.58. The molecule has 0 saturated carbocycles. The third-order valence-electron chi connectivity index (χ3n) is 4.12. The summed E-state index contributed by atoms with van der Waals surface area (Å²) in [5, 5.41) is 3.65. The first-order valence-electron chi connectivity index (χ1n) is 8.16. The molecular formula is C18H31NO2. The van der Waals surface area contributed by atoms with E-state index in [-0.39, 0.29) is 0 Å². The Hall–Kier alpha value is -1.22. The molecule has 0 aliphatic carbocycles. The topological polar surface area (TPSA) is 30.5 Å². The van der Waals surface area contributed by atoms with Crippen LogP contribution < -0.4 is 14.8 Å². The highest BCUT2D eigenvalue weighted by Gasteiger charge is 2.24. The van der Waals surface area contributed by atoms with Gasteiger partial charge in [-0.05, 0) is 37.1 Å². The molecule has 0 saturated heterocycles. The fraction of sp³-hybridized carbons (Fsp3) is 0.667. The van der Waals surface area contributed by atoms with Gasteiger partial charge in [-0.15, -0.1) is 0 Å². The van der Waals surface area contributed by atoms with Crippen molar-refractivity contribution in [3.8, 4) is 11.5 Å². The summed E-state index contributed by atoms with van der Waals surface area (Å²) in [5.41, 5.74) is 1.21. The standard InChI is InChI=1S/C18H31NO2/c1-6-9-10-14(7-2)18(19-8-3)16-13-15(20-4)11-12-17(16)21-5/h11-14,18-19H,6-10H2,1-5H3. The van der Waals surface area contributed by atoms with Crippen LogP contribution in [0.25, 0.3) is 0 Å². The van der Waals surface area contributed by atoms with Gasteiger partial charge in [-0.1, -0.05) is 40.0 Å². The van der Waals surface area contributed by atoms with Crippen LogP contribution >= 0.6 is 0 Å². The van der Waals surface area contributed by atoms with Gasteiger partial charge in [0.1, 0.15) is 11.5 Å². The molecule has 0 amide bonds. The summed E-state index contributed by atoms with van der Waals surface area (Å²) in [4.78, 5) is 0. The predicted octanol–water partition coefficient (Wildman–Crippen LogP) is 4.57. The molecule has 0 fully saturated rings. The molecule has 120 valence electrons. The molecule has 1 N–H and O–H groups in total. The first-order valence-corrected chi connectivity index (χ1v) is 8.16. The van der Waals surface area contributed by atoms with Crippen molar-refractivity contribution >= 4 is 0 Å². The molecule has 0 bridgehead atoms. The normalized spacial score (nSPS) is 13.8. The highest BCUT2D eigenvalue weighted by atomic mass is 16.5. The van der Waals surface area contributed by atoms with Crippen molar-refractivity contribution in [1.82, 2.24) is 5.32 Å². The van der Waals surface area contributed by atoms with E-state index in [4.69, 9.17) is 9.47 Å². The second-order valence-corrected chi connectivity index (χ2v) is 5.45. The summed E-state index contributed by atoms with van der Waals surface area (Å²) in [7, 11) is 3.45. The van der Waals surface area contributed by atoms with Crippen LogP contribution in [-0.4, -0.2) is 20.8 Å². The maximum atomic E-state index is 5.58. The van der Waals surface area contributed by atoms with Crippen molar-refractivity contribution in [3.05, 3.63) is 23.8 Å². The largest absolute Gasteiger partial charge is 0.497 e. The van der Waals surface area contributed by atoms with Crippen molar-refractivity contribution in [2.45, 2.75) is 52.5 Å². The Labute approximate surface area is 130 Å². The molecule has 21 heavy (non-hydrogen) atoms. The van der Waals surface area contributed by atoms with Gasteiger partial charge in [0.05, 0.1) is 14.2 Å². The lowest BCUT2D eigenvalue weighted by atomic mass is 9.86. The lowest BCUT2D eigenvalue weighted by Gasteiger charge is -2.29. The van der Waals surface area contributed by atoms with Crippen molar-refractivity contribution in [1.29, 1.82) is 0 Å². The molecule has 0 aromatic heterocycles. The van der Waals surface area contributed by atoms with E-state index in [2.05, 4.69) is 32.2 Å². The molecule has 1 rings (SSSR count). The summed E-state index contributed by atoms with van der Waals surface area (Å²) >= 11 is 0. The summed E-state index contributed by atoms with van der Waals surface area (Å²) in [6.45, 7) is 7.64. The van der Waals surface area contributed by atoms with E-state index in [0.29, 0.717) is 12.0 Å². The number of unbranched alkanes of at least 4 members (excludes halogenated alkanes) is 1. The van der Waals surface area contributed by atoms with Crippen LogP contribution in [0.4, 0.5) is 0 Å². The SMILES string of the molecule is CCCCC(CC)C(NCC)c1cc(OC)ccc1OC. The van der Waals surface area contributed by atoms with Crippen LogP contribution in [0, 0.1) is 5.92 Å². The van der Waals surface area contributed by atoms with Crippen molar-refractivity contribution in [2.24, 2.45) is 5.92 Å². The van der Waals surface area contributed by atoms with E-state index >= 15 is 0 Å². The molecule has 0 aliphatic heterocycles. The minimum atomic E-state index is 0.316. The Balaban J connectivity index is 3.12. The monoisotopic (exact) mass is 293 g/mol. The van der Waals surface area contributed by atoms with Gasteiger partial charge < -0.3 is 14.8 Å². The Morgan fingerprint density at radius 2 is 1.86 bits per heavy atom. The molecule has 3 nitrogen and oxygen atoms in total. The van der Waals surface area contributed by atoms with Gasteiger partial charge in [-0.25, -0.2) is 0 Å². The van der Waals surface area contributed by atoms with Crippen LogP contribution in [0.15, 0.2) is 18.2 Å². The number of nitrogens with one attached hydrogen (secondary N) is 1. The molecule has 0 heterocycles. The lowest BCUT2D eigenvalue weighted by Crippen LogP contribution is -2.28. The zero-order valence-corrected chi connectivity index (χ0v) is 14.2. The fourth-order valence-corrected chi connectivity index (χ4v) is 2.91. The lowest BCUT2D eigenvalue weighted by molar-refractivity contribution is 0.313. The molecule has 2 unspecified atom stereocenters. The molecule has 1 aromatic rings. The molecule has 0 radical (unpaired) electrons. The van der Waals surface area contributed by atoms with Gasteiger partial charge in [-0.2, -0.15) is 0 Å². The van der Waals surface area contributed by atoms with Crippen LogP contribution in [0.1, 0.15) is 58.1 Å². The zero-order valence-electron chi connectivity index (χ0n) is 14.2.